The van der Waals surface area contributed by atoms with Crippen LogP contribution in [0.2, 0.25) is 0 Å². The van der Waals surface area contributed by atoms with E-state index >= 15 is 0 Å². The van der Waals surface area contributed by atoms with Gasteiger partial charge in [-0.25, -0.2) is 9.59 Å². The molecule has 1 saturated carbocycles. The lowest BCUT2D eigenvalue weighted by atomic mass is 10.0. The molecule has 2 aromatic rings. The number of hydrogen-bond donors (Lipinski definition) is 3. The highest BCUT2D eigenvalue weighted by Crippen LogP contribution is 2.31. The van der Waals surface area contributed by atoms with Crippen molar-refractivity contribution in [2.45, 2.75) is 44.3 Å². The van der Waals surface area contributed by atoms with Gasteiger partial charge in [0, 0.05) is 37.4 Å². The average Bonchev–Trinajstić information content (AvgIpc) is 3.43. The number of hydrogen-bond acceptors (Lipinski definition) is 2. The van der Waals surface area contributed by atoms with Crippen LogP contribution in [0.5, 0.6) is 0 Å². The number of likely N-dealkylation sites (tertiary alicyclic amines) is 1. The first-order valence-corrected chi connectivity index (χ1v) is 9.75. The van der Waals surface area contributed by atoms with Gasteiger partial charge < -0.3 is 25.4 Å². The maximum absolute atomic E-state index is 12.9. The quantitative estimate of drug-likeness (QED) is 0.774. The monoisotopic (exact) mass is 369 g/mol. The number of carbonyl (C=O) groups is 2. The van der Waals surface area contributed by atoms with Crippen LogP contribution in [0.3, 0.4) is 0 Å². The second-order valence-electron chi connectivity index (χ2n) is 7.48. The largest absolute Gasteiger partial charge is 0.357 e. The van der Waals surface area contributed by atoms with Gasteiger partial charge in [0.1, 0.15) is 0 Å². The standard InChI is InChI=1S/C20H27N5O2/c1-21-19(26)24-10-4-6-17(13-24)25(16-8-9-16)20(27)22-12-15-11-14-5-2-3-7-18(14)23-15/h2-3,5,7,11,16-17,23H,4,6,8-10,12-13H2,1H3,(H,21,26)(H,22,27). The first-order chi connectivity index (χ1) is 13.2. The lowest BCUT2D eigenvalue weighted by Gasteiger charge is -2.39. The van der Waals surface area contributed by atoms with Crippen LogP contribution in [0.25, 0.3) is 10.9 Å². The molecule has 1 unspecified atom stereocenters. The fourth-order valence-electron chi connectivity index (χ4n) is 4.00. The third-order valence-electron chi connectivity index (χ3n) is 5.48. The summed E-state index contributed by atoms with van der Waals surface area (Å²) in [6.07, 6.45) is 3.98. The average molecular weight is 369 g/mol. The van der Waals surface area contributed by atoms with Crippen molar-refractivity contribution in [1.82, 2.24) is 25.4 Å². The second-order valence-corrected chi connectivity index (χ2v) is 7.48. The van der Waals surface area contributed by atoms with E-state index in [9.17, 15) is 9.59 Å². The van der Waals surface area contributed by atoms with Crippen LogP contribution in [-0.2, 0) is 6.54 Å². The van der Waals surface area contributed by atoms with Crippen LogP contribution in [0, 0.1) is 0 Å². The van der Waals surface area contributed by atoms with E-state index in [-0.39, 0.29) is 18.1 Å². The highest BCUT2D eigenvalue weighted by molar-refractivity contribution is 5.81. The van der Waals surface area contributed by atoms with Gasteiger partial charge in [0.05, 0.1) is 12.6 Å². The van der Waals surface area contributed by atoms with E-state index in [4.69, 9.17) is 0 Å². The highest BCUT2D eigenvalue weighted by Gasteiger charge is 2.39. The minimum absolute atomic E-state index is 0.0279. The van der Waals surface area contributed by atoms with Crippen molar-refractivity contribution in [1.29, 1.82) is 0 Å². The number of fused-ring (bicyclic) bond motifs is 1. The molecule has 1 aromatic heterocycles. The SMILES string of the molecule is CNC(=O)N1CCCC(N(C(=O)NCc2cc3ccccc3[nH]2)C2CC2)C1. The van der Waals surface area contributed by atoms with Crippen LogP contribution < -0.4 is 10.6 Å². The van der Waals surface area contributed by atoms with Crippen LogP contribution >= 0.6 is 0 Å². The Hall–Kier alpha value is -2.70. The summed E-state index contributed by atoms with van der Waals surface area (Å²) in [5.74, 6) is 0. The molecule has 1 aromatic carbocycles. The molecule has 144 valence electrons. The Morgan fingerprint density at radius 2 is 2.04 bits per heavy atom. The molecule has 1 saturated heterocycles. The molecule has 7 nitrogen and oxygen atoms in total. The molecule has 1 aliphatic heterocycles. The number of aromatic amines is 1. The van der Waals surface area contributed by atoms with Crippen molar-refractivity contribution in [2.75, 3.05) is 20.1 Å². The Morgan fingerprint density at radius 1 is 1.22 bits per heavy atom. The van der Waals surface area contributed by atoms with Gasteiger partial charge in [0.15, 0.2) is 0 Å². The molecule has 4 rings (SSSR count). The smallest absolute Gasteiger partial charge is 0.318 e. The van der Waals surface area contributed by atoms with E-state index in [0.717, 1.165) is 48.8 Å². The number of nitrogens with zero attached hydrogens (tertiary/aromatic N) is 2. The minimum atomic E-state index is -0.0612. The number of urea groups is 2. The summed E-state index contributed by atoms with van der Waals surface area (Å²) in [7, 11) is 1.65. The molecule has 0 bridgehead atoms. The van der Waals surface area contributed by atoms with Crippen molar-refractivity contribution >= 4 is 23.0 Å². The van der Waals surface area contributed by atoms with Crippen molar-refractivity contribution in [3.63, 3.8) is 0 Å². The van der Waals surface area contributed by atoms with Gasteiger partial charge in [-0.05, 0) is 43.2 Å². The van der Waals surface area contributed by atoms with Gasteiger partial charge in [-0.3, -0.25) is 0 Å². The summed E-state index contributed by atoms with van der Waals surface area (Å²) in [4.78, 5) is 32.1. The third-order valence-corrected chi connectivity index (χ3v) is 5.48. The molecule has 2 aliphatic rings. The second kappa shape index (κ2) is 7.50. The Labute approximate surface area is 159 Å². The zero-order valence-electron chi connectivity index (χ0n) is 15.7. The highest BCUT2D eigenvalue weighted by atomic mass is 16.2. The van der Waals surface area contributed by atoms with Crippen molar-refractivity contribution in [3.05, 3.63) is 36.0 Å². The maximum Gasteiger partial charge on any atom is 0.318 e. The summed E-state index contributed by atoms with van der Waals surface area (Å²) < 4.78 is 0. The van der Waals surface area contributed by atoms with Crippen LogP contribution in [0.1, 0.15) is 31.4 Å². The van der Waals surface area contributed by atoms with Crippen LogP contribution in [-0.4, -0.2) is 59.1 Å². The first kappa shape index (κ1) is 17.7. The molecule has 0 spiro atoms. The summed E-state index contributed by atoms with van der Waals surface area (Å²) in [6, 6.07) is 10.5. The number of benzene rings is 1. The van der Waals surface area contributed by atoms with Crippen LogP contribution in [0.4, 0.5) is 9.59 Å². The van der Waals surface area contributed by atoms with Gasteiger partial charge in [-0.15, -0.1) is 0 Å². The Morgan fingerprint density at radius 3 is 2.78 bits per heavy atom. The van der Waals surface area contributed by atoms with E-state index in [1.807, 2.05) is 28.0 Å². The van der Waals surface area contributed by atoms with Gasteiger partial charge in [-0.1, -0.05) is 18.2 Å². The first-order valence-electron chi connectivity index (χ1n) is 9.75. The number of H-pyrrole nitrogens is 1. The predicted octanol–water partition coefficient (Wildman–Crippen LogP) is 2.65. The molecule has 1 aliphatic carbocycles. The zero-order valence-corrected chi connectivity index (χ0v) is 15.7. The van der Waals surface area contributed by atoms with Gasteiger partial charge in [0.2, 0.25) is 0 Å². The fourth-order valence-corrected chi connectivity index (χ4v) is 4.00. The zero-order chi connectivity index (χ0) is 18.8. The molecule has 2 fully saturated rings. The Bertz CT molecular complexity index is 796. The van der Waals surface area contributed by atoms with E-state index < -0.39 is 0 Å². The van der Waals surface area contributed by atoms with Crippen molar-refractivity contribution < 1.29 is 9.59 Å². The molecule has 1 atom stereocenters. The van der Waals surface area contributed by atoms with E-state index in [1.54, 1.807) is 7.05 Å². The van der Waals surface area contributed by atoms with E-state index in [2.05, 4.69) is 27.8 Å². The maximum atomic E-state index is 12.9. The van der Waals surface area contributed by atoms with Crippen LogP contribution in [0.15, 0.2) is 30.3 Å². The Kier molecular flexibility index (Phi) is 4.92. The summed E-state index contributed by atoms with van der Waals surface area (Å²) >= 11 is 0. The molecule has 2 heterocycles. The summed E-state index contributed by atoms with van der Waals surface area (Å²) in [5, 5.41) is 6.91. The number of piperidine rings is 1. The van der Waals surface area contributed by atoms with Crippen molar-refractivity contribution in [2.24, 2.45) is 0 Å². The number of para-hydroxylation sites is 1. The molecule has 3 N–H and O–H groups in total. The van der Waals surface area contributed by atoms with Crippen molar-refractivity contribution in [3.8, 4) is 0 Å². The number of rotatable bonds is 4. The Balaban J connectivity index is 1.41. The van der Waals surface area contributed by atoms with E-state index in [1.165, 1.54) is 0 Å². The van der Waals surface area contributed by atoms with Gasteiger partial charge >= 0.3 is 12.1 Å². The molecule has 27 heavy (non-hydrogen) atoms. The van der Waals surface area contributed by atoms with Gasteiger partial charge in [0.25, 0.3) is 0 Å². The lowest BCUT2D eigenvalue weighted by Crippen LogP contribution is -2.56. The van der Waals surface area contributed by atoms with Gasteiger partial charge in [-0.2, -0.15) is 0 Å². The topological polar surface area (TPSA) is 80.5 Å². The molecule has 7 heteroatoms. The number of amides is 4. The molecule has 0 radical (unpaired) electrons. The molecular formula is C20H27N5O2. The minimum Gasteiger partial charge on any atom is -0.357 e. The summed E-state index contributed by atoms with van der Waals surface area (Å²) in [6.45, 7) is 1.84. The molecule has 4 amide bonds. The summed E-state index contributed by atoms with van der Waals surface area (Å²) in [5.41, 5.74) is 2.07. The molecular weight excluding hydrogens is 342 g/mol. The third kappa shape index (κ3) is 3.86. The predicted molar refractivity (Wildman–Crippen MR) is 104 cm³/mol. The fraction of sp³-hybridized carbons (Fsp3) is 0.500. The van der Waals surface area contributed by atoms with E-state index in [0.29, 0.717) is 19.1 Å². The number of nitrogens with one attached hydrogen (secondary N) is 3. The normalized spacial score (nSPS) is 19.7. The lowest BCUT2D eigenvalue weighted by molar-refractivity contribution is 0.116. The number of aromatic nitrogens is 1. The number of carbonyl (C=O) groups excluding carboxylic acids is 2.